The van der Waals surface area contributed by atoms with Crippen LogP contribution in [0.1, 0.15) is 45.4 Å². The topological polar surface area (TPSA) is 71.3 Å². The third-order valence-corrected chi connectivity index (χ3v) is 7.82. The van der Waals surface area contributed by atoms with Crippen molar-refractivity contribution in [2.45, 2.75) is 45.6 Å². The monoisotopic (exact) mass is 355 g/mol. The molecule has 1 atom stereocenters. The Labute approximate surface area is 145 Å². The smallest absolute Gasteiger partial charge is 0.213 e. The average Bonchev–Trinajstić information content (AvgIpc) is 3.12. The van der Waals surface area contributed by atoms with E-state index in [-0.39, 0.29) is 11.2 Å². The summed E-state index contributed by atoms with van der Waals surface area (Å²) in [7, 11) is -1.09. The van der Waals surface area contributed by atoms with E-state index in [0.29, 0.717) is 25.0 Å². The summed E-state index contributed by atoms with van der Waals surface area (Å²) in [6.45, 7) is 9.41. The van der Waals surface area contributed by atoms with E-state index in [4.69, 9.17) is 0 Å². The second kappa shape index (κ2) is 6.38. The minimum absolute atomic E-state index is 0.102. The number of piperidine rings is 1. The highest BCUT2D eigenvalue weighted by molar-refractivity contribution is 7.89. The first-order valence-electron chi connectivity index (χ1n) is 8.85. The van der Waals surface area contributed by atoms with Crippen LogP contribution in [0.3, 0.4) is 0 Å². The van der Waals surface area contributed by atoms with Gasteiger partial charge >= 0.3 is 0 Å². The predicted molar refractivity (Wildman–Crippen MR) is 93.2 cm³/mol. The van der Waals surface area contributed by atoms with Crippen molar-refractivity contribution in [1.29, 1.82) is 0 Å². The van der Waals surface area contributed by atoms with Crippen LogP contribution in [-0.4, -0.2) is 70.4 Å². The van der Waals surface area contributed by atoms with Gasteiger partial charge < -0.3 is 4.57 Å². The lowest BCUT2D eigenvalue weighted by molar-refractivity contribution is 0.132. The molecule has 1 aromatic rings. The van der Waals surface area contributed by atoms with Crippen molar-refractivity contribution in [2.24, 2.45) is 12.5 Å². The first-order chi connectivity index (χ1) is 11.3. The standard InChI is InChI=1S/C16H29N5O2S/c1-5-24(22,23)21-8-6-16(7-9-21)11-20(13(2)3)10-14(16)15-18-17-12-19(15)4/h12-14H,5-11H2,1-4H3. The minimum Gasteiger partial charge on any atom is -0.320 e. The second-order valence-corrected chi connectivity index (χ2v) is 9.80. The lowest BCUT2D eigenvalue weighted by Gasteiger charge is -2.41. The van der Waals surface area contributed by atoms with Crippen molar-refractivity contribution in [3.8, 4) is 0 Å². The van der Waals surface area contributed by atoms with Crippen LogP contribution in [0.25, 0.3) is 0 Å². The van der Waals surface area contributed by atoms with E-state index < -0.39 is 10.0 Å². The molecule has 0 saturated carbocycles. The number of sulfonamides is 1. The molecule has 0 radical (unpaired) electrons. The molecule has 0 N–H and O–H groups in total. The number of hydrogen-bond donors (Lipinski definition) is 0. The molecule has 1 aromatic heterocycles. The van der Waals surface area contributed by atoms with Gasteiger partial charge in [-0.05, 0) is 39.0 Å². The molecule has 3 rings (SSSR count). The number of hydrogen-bond acceptors (Lipinski definition) is 5. The maximum atomic E-state index is 12.2. The summed E-state index contributed by atoms with van der Waals surface area (Å²) in [4.78, 5) is 2.50. The molecule has 3 heterocycles. The molecule has 2 aliphatic heterocycles. The molecule has 8 heteroatoms. The van der Waals surface area contributed by atoms with E-state index in [1.165, 1.54) is 0 Å². The molecule has 7 nitrogen and oxygen atoms in total. The van der Waals surface area contributed by atoms with Gasteiger partial charge in [0.15, 0.2) is 0 Å². The first kappa shape index (κ1) is 17.8. The molecular formula is C16H29N5O2S. The number of aryl methyl sites for hydroxylation is 1. The molecule has 2 saturated heterocycles. The van der Waals surface area contributed by atoms with Gasteiger partial charge in [-0.3, -0.25) is 4.90 Å². The second-order valence-electron chi connectivity index (χ2n) is 7.54. The van der Waals surface area contributed by atoms with Crippen LogP contribution in [0.4, 0.5) is 0 Å². The highest BCUT2D eigenvalue weighted by atomic mass is 32.2. The van der Waals surface area contributed by atoms with Gasteiger partial charge in [-0.1, -0.05) is 0 Å². The van der Waals surface area contributed by atoms with E-state index in [2.05, 4.69) is 28.9 Å². The Kier molecular flexibility index (Phi) is 4.74. The van der Waals surface area contributed by atoms with Crippen molar-refractivity contribution in [3.63, 3.8) is 0 Å². The molecule has 0 aromatic carbocycles. The predicted octanol–water partition coefficient (Wildman–Crippen LogP) is 1.05. The molecule has 136 valence electrons. The summed E-state index contributed by atoms with van der Waals surface area (Å²) in [5.41, 5.74) is 0.102. The number of likely N-dealkylation sites (tertiary alicyclic amines) is 1. The van der Waals surface area contributed by atoms with E-state index >= 15 is 0 Å². The molecule has 2 aliphatic rings. The fourth-order valence-electron chi connectivity index (χ4n) is 4.26. The van der Waals surface area contributed by atoms with Gasteiger partial charge in [0.1, 0.15) is 12.2 Å². The molecule has 1 spiro atoms. The van der Waals surface area contributed by atoms with E-state index in [0.717, 1.165) is 31.8 Å². The van der Waals surface area contributed by atoms with Crippen LogP contribution < -0.4 is 0 Å². The summed E-state index contributed by atoms with van der Waals surface area (Å²) in [6, 6.07) is 0.484. The summed E-state index contributed by atoms with van der Waals surface area (Å²) >= 11 is 0. The van der Waals surface area contributed by atoms with Gasteiger partial charge in [0.25, 0.3) is 0 Å². The third-order valence-electron chi connectivity index (χ3n) is 5.94. The zero-order valence-electron chi connectivity index (χ0n) is 15.1. The fourth-order valence-corrected chi connectivity index (χ4v) is 5.37. The molecule has 0 bridgehead atoms. The molecule has 0 aliphatic carbocycles. The van der Waals surface area contributed by atoms with Crippen molar-refractivity contribution in [1.82, 2.24) is 24.0 Å². The van der Waals surface area contributed by atoms with Gasteiger partial charge in [0.2, 0.25) is 10.0 Å². The fraction of sp³-hybridized carbons (Fsp3) is 0.875. The minimum atomic E-state index is -3.09. The Morgan fingerprint density at radius 3 is 2.50 bits per heavy atom. The molecule has 24 heavy (non-hydrogen) atoms. The van der Waals surface area contributed by atoms with Crippen molar-refractivity contribution in [2.75, 3.05) is 31.9 Å². The summed E-state index contributed by atoms with van der Waals surface area (Å²) in [5, 5.41) is 8.45. The Balaban J connectivity index is 1.86. The Morgan fingerprint density at radius 1 is 1.33 bits per heavy atom. The molecule has 0 amide bonds. The summed E-state index contributed by atoms with van der Waals surface area (Å²) in [5.74, 6) is 1.54. The SMILES string of the molecule is CCS(=O)(=O)N1CCC2(CC1)CN(C(C)C)CC2c1nncn1C. The van der Waals surface area contributed by atoms with Gasteiger partial charge in [-0.25, -0.2) is 12.7 Å². The zero-order chi connectivity index (χ0) is 17.5. The third kappa shape index (κ3) is 2.99. The van der Waals surface area contributed by atoms with Crippen molar-refractivity contribution < 1.29 is 8.42 Å². The zero-order valence-corrected chi connectivity index (χ0v) is 16.0. The molecule has 2 fully saturated rings. The average molecular weight is 356 g/mol. The van der Waals surface area contributed by atoms with Gasteiger partial charge in [-0.2, -0.15) is 0 Å². The first-order valence-corrected chi connectivity index (χ1v) is 10.5. The van der Waals surface area contributed by atoms with Crippen LogP contribution >= 0.6 is 0 Å². The Bertz CT molecular complexity index is 676. The quantitative estimate of drug-likeness (QED) is 0.807. The van der Waals surface area contributed by atoms with E-state index in [1.54, 1.807) is 17.6 Å². The normalized spacial score (nSPS) is 25.8. The molecule has 1 unspecified atom stereocenters. The van der Waals surface area contributed by atoms with Crippen LogP contribution in [0.2, 0.25) is 0 Å². The highest BCUT2D eigenvalue weighted by Crippen LogP contribution is 2.49. The van der Waals surface area contributed by atoms with Gasteiger partial charge in [0.05, 0.1) is 5.75 Å². The van der Waals surface area contributed by atoms with Gasteiger partial charge in [-0.15, -0.1) is 10.2 Å². The maximum Gasteiger partial charge on any atom is 0.213 e. The highest BCUT2D eigenvalue weighted by Gasteiger charge is 2.51. The number of rotatable bonds is 4. The van der Waals surface area contributed by atoms with Crippen molar-refractivity contribution in [3.05, 3.63) is 12.2 Å². The number of nitrogens with zero attached hydrogens (tertiary/aromatic N) is 5. The van der Waals surface area contributed by atoms with E-state index in [9.17, 15) is 8.42 Å². The van der Waals surface area contributed by atoms with Crippen molar-refractivity contribution >= 4 is 10.0 Å². The lowest BCUT2D eigenvalue weighted by atomic mass is 9.71. The molecular weight excluding hydrogens is 326 g/mol. The van der Waals surface area contributed by atoms with Crippen LogP contribution in [0, 0.1) is 5.41 Å². The maximum absolute atomic E-state index is 12.2. The Morgan fingerprint density at radius 2 is 2.00 bits per heavy atom. The summed E-state index contributed by atoms with van der Waals surface area (Å²) in [6.07, 6.45) is 3.55. The van der Waals surface area contributed by atoms with Gasteiger partial charge in [0, 0.05) is 45.2 Å². The lowest BCUT2D eigenvalue weighted by Crippen LogP contribution is -2.46. The largest absolute Gasteiger partial charge is 0.320 e. The van der Waals surface area contributed by atoms with Crippen LogP contribution in [0.5, 0.6) is 0 Å². The van der Waals surface area contributed by atoms with Crippen LogP contribution in [-0.2, 0) is 17.1 Å². The van der Waals surface area contributed by atoms with E-state index in [1.807, 2.05) is 11.6 Å². The Hall–Kier alpha value is -0.990. The van der Waals surface area contributed by atoms with Crippen LogP contribution in [0.15, 0.2) is 6.33 Å². The summed E-state index contributed by atoms with van der Waals surface area (Å²) < 4.78 is 28.1. The number of aromatic nitrogens is 3.